The molecule has 0 spiro atoms. The second kappa shape index (κ2) is 8.92. The number of rotatable bonds is 6. The summed E-state index contributed by atoms with van der Waals surface area (Å²) in [6.45, 7) is 0. The summed E-state index contributed by atoms with van der Waals surface area (Å²) in [6.07, 6.45) is 0.892. The number of aryl methyl sites for hydroxylation is 1. The third-order valence-corrected chi connectivity index (χ3v) is 8.61. The van der Waals surface area contributed by atoms with Gasteiger partial charge in [0.2, 0.25) is 5.91 Å². The minimum Gasteiger partial charge on any atom is -0.497 e. The predicted octanol–water partition coefficient (Wildman–Crippen LogP) is 2.94. The van der Waals surface area contributed by atoms with E-state index >= 15 is 0 Å². The highest BCUT2D eigenvalue weighted by Gasteiger charge is 2.50. The number of sulfone groups is 1. The number of ether oxygens (including phenoxy) is 2. The van der Waals surface area contributed by atoms with Gasteiger partial charge >= 0.3 is 0 Å². The number of amides is 1. The lowest BCUT2D eigenvalue weighted by atomic mass is 10.1. The van der Waals surface area contributed by atoms with E-state index in [0.717, 1.165) is 5.56 Å². The second-order valence-electron chi connectivity index (χ2n) is 7.48. The van der Waals surface area contributed by atoms with Crippen molar-refractivity contribution in [3.05, 3.63) is 54.1 Å². The maximum Gasteiger partial charge on any atom is 0.248 e. The van der Waals surface area contributed by atoms with E-state index in [1.807, 2.05) is 41.3 Å². The predicted molar refractivity (Wildman–Crippen MR) is 123 cm³/mol. The van der Waals surface area contributed by atoms with Gasteiger partial charge in [-0.15, -0.1) is 0 Å². The molecular weight excluding hydrogens is 436 g/mol. The molecule has 0 aromatic heterocycles. The average Bonchev–Trinajstić information content (AvgIpc) is 3.23. The van der Waals surface area contributed by atoms with E-state index < -0.39 is 9.84 Å². The van der Waals surface area contributed by atoms with Crippen LogP contribution >= 0.6 is 11.8 Å². The van der Waals surface area contributed by atoms with Crippen molar-refractivity contribution < 1.29 is 22.7 Å². The van der Waals surface area contributed by atoms with E-state index in [2.05, 4.69) is 4.99 Å². The van der Waals surface area contributed by atoms with Crippen molar-refractivity contribution >= 4 is 38.4 Å². The fourth-order valence-corrected chi connectivity index (χ4v) is 7.81. The molecule has 0 bridgehead atoms. The molecule has 2 saturated heterocycles. The molecule has 0 radical (unpaired) electrons. The summed E-state index contributed by atoms with van der Waals surface area (Å²) >= 11 is 1.35. The van der Waals surface area contributed by atoms with E-state index in [9.17, 15) is 13.2 Å². The van der Waals surface area contributed by atoms with Crippen LogP contribution in [0.1, 0.15) is 12.0 Å². The summed E-state index contributed by atoms with van der Waals surface area (Å²) in [7, 11) is -0.0296. The minimum atomic E-state index is -3.14. The van der Waals surface area contributed by atoms with E-state index in [4.69, 9.17) is 9.47 Å². The Morgan fingerprint density at radius 1 is 1.13 bits per heavy atom. The summed E-state index contributed by atoms with van der Waals surface area (Å²) in [5.74, 6) is 1.03. The minimum absolute atomic E-state index is 0.0249. The molecule has 0 saturated carbocycles. The standard InChI is InChI=1S/C22H24N2O5S2/c1-28-16-9-10-17(19(12-16)29-2)24-18-13-31(26,27)14-20(18)30-22(24)23-21(25)11-8-15-6-4-3-5-7-15/h3-7,9-10,12,18,20H,8,11,13-14H2,1-2H3. The van der Waals surface area contributed by atoms with Crippen molar-refractivity contribution in [2.45, 2.75) is 24.1 Å². The molecule has 9 heteroatoms. The maximum absolute atomic E-state index is 12.7. The molecule has 2 atom stereocenters. The van der Waals surface area contributed by atoms with Gasteiger partial charge in [-0.3, -0.25) is 4.79 Å². The molecule has 2 aliphatic heterocycles. The van der Waals surface area contributed by atoms with Crippen LogP contribution in [0.3, 0.4) is 0 Å². The summed E-state index contributed by atoms with van der Waals surface area (Å²) in [4.78, 5) is 18.9. The normalized spacial score (nSPS) is 23.0. The number of thioether (sulfide) groups is 1. The number of carbonyl (C=O) groups excluding carboxylic acids is 1. The molecule has 2 fully saturated rings. The maximum atomic E-state index is 12.7. The molecular formula is C22H24N2O5S2. The van der Waals surface area contributed by atoms with Gasteiger partial charge in [-0.1, -0.05) is 42.1 Å². The van der Waals surface area contributed by atoms with E-state index in [0.29, 0.717) is 28.8 Å². The van der Waals surface area contributed by atoms with Crippen molar-refractivity contribution in [2.75, 3.05) is 30.6 Å². The van der Waals surface area contributed by atoms with Crippen LogP contribution < -0.4 is 14.4 Å². The van der Waals surface area contributed by atoms with Gasteiger partial charge in [0.25, 0.3) is 0 Å². The van der Waals surface area contributed by atoms with Crippen LogP contribution in [0.2, 0.25) is 0 Å². The molecule has 0 N–H and O–H groups in total. The van der Waals surface area contributed by atoms with Crippen LogP contribution in [0.25, 0.3) is 0 Å². The molecule has 2 unspecified atom stereocenters. The van der Waals surface area contributed by atoms with Gasteiger partial charge in [0.05, 0.1) is 37.5 Å². The largest absolute Gasteiger partial charge is 0.497 e. The summed E-state index contributed by atoms with van der Waals surface area (Å²) in [6, 6.07) is 14.8. The second-order valence-corrected chi connectivity index (χ2v) is 10.8. The Morgan fingerprint density at radius 2 is 1.90 bits per heavy atom. The zero-order chi connectivity index (χ0) is 22.0. The van der Waals surface area contributed by atoms with Crippen LogP contribution in [-0.2, 0) is 21.1 Å². The fourth-order valence-electron chi connectivity index (χ4n) is 3.89. The first-order chi connectivity index (χ1) is 14.9. The molecule has 164 valence electrons. The number of fused-ring (bicyclic) bond motifs is 1. The van der Waals surface area contributed by atoms with Gasteiger partial charge in [0.1, 0.15) is 11.5 Å². The highest BCUT2D eigenvalue weighted by Crippen LogP contribution is 2.44. The number of nitrogens with zero attached hydrogens (tertiary/aromatic N) is 2. The first-order valence-electron chi connectivity index (χ1n) is 9.94. The number of benzene rings is 2. The lowest BCUT2D eigenvalue weighted by Crippen LogP contribution is -2.38. The Balaban J connectivity index is 1.63. The average molecular weight is 461 g/mol. The SMILES string of the molecule is COc1ccc(N2C(=NC(=O)CCc3ccccc3)SC3CS(=O)(=O)CC32)c(OC)c1. The molecule has 2 heterocycles. The number of hydrogen-bond donors (Lipinski definition) is 0. The van der Waals surface area contributed by atoms with Gasteiger partial charge in [0.15, 0.2) is 15.0 Å². The molecule has 2 aromatic carbocycles. The molecule has 2 aromatic rings. The van der Waals surface area contributed by atoms with Gasteiger partial charge in [-0.2, -0.15) is 4.99 Å². The van der Waals surface area contributed by atoms with Crippen molar-refractivity contribution in [1.82, 2.24) is 0 Å². The first-order valence-corrected chi connectivity index (χ1v) is 12.6. The monoisotopic (exact) mass is 460 g/mol. The Morgan fingerprint density at radius 3 is 2.61 bits per heavy atom. The van der Waals surface area contributed by atoms with E-state index in [1.165, 1.54) is 11.8 Å². The summed E-state index contributed by atoms with van der Waals surface area (Å²) in [5, 5.41) is 0.351. The highest BCUT2D eigenvalue weighted by molar-refractivity contribution is 8.16. The number of anilines is 1. The number of carbonyl (C=O) groups is 1. The highest BCUT2D eigenvalue weighted by atomic mass is 32.2. The number of methoxy groups -OCH3 is 2. The molecule has 7 nitrogen and oxygen atoms in total. The van der Waals surface area contributed by atoms with Gasteiger partial charge < -0.3 is 14.4 Å². The van der Waals surface area contributed by atoms with Crippen molar-refractivity contribution in [3.63, 3.8) is 0 Å². The Labute approximate surface area is 186 Å². The lowest BCUT2D eigenvalue weighted by Gasteiger charge is -2.26. The molecule has 2 aliphatic rings. The summed E-state index contributed by atoms with van der Waals surface area (Å²) in [5.41, 5.74) is 1.75. The molecule has 0 aliphatic carbocycles. The zero-order valence-corrected chi connectivity index (χ0v) is 19.0. The fraction of sp³-hybridized carbons (Fsp3) is 0.364. The van der Waals surface area contributed by atoms with Crippen molar-refractivity contribution in [3.8, 4) is 11.5 Å². The third-order valence-electron chi connectivity index (χ3n) is 5.40. The van der Waals surface area contributed by atoms with Crippen LogP contribution in [0, 0.1) is 0 Å². The first kappa shape index (κ1) is 21.7. The Hall–Kier alpha value is -2.52. The van der Waals surface area contributed by atoms with Crippen molar-refractivity contribution in [2.24, 2.45) is 4.99 Å². The van der Waals surface area contributed by atoms with Crippen LogP contribution in [-0.4, -0.2) is 56.5 Å². The van der Waals surface area contributed by atoms with Gasteiger partial charge in [-0.05, 0) is 24.1 Å². The smallest absolute Gasteiger partial charge is 0.248 e. The number of aliphatic imine (C=N–C) groups is 1. The number of hydrogen-bond acceptors (Lipinski definition) is 6. The molecule has 31 heavy (non-hydrogen) atoms. The zero-order valence-electron chi connectivity index (χ0n) is 17.4. The van der Waals surface area contributed by atoms with Crippen LogP contribution in [0.4, 0.5) is 5.69 Å². The topological polar surface area (TPSA) is 85.3 Å². The molecule has 1 amide bonds. The number of amidine groups is 1. The van der Waals surface area contributed by atoms with Crippen LogP contribution in [0.5, 0.6) is 11.5 Å². The van der Waals surface area contributed by atoms with Gasteiger partial charge in [0, 0.05) is 17.7 Å². The summed E-state index contributed by atoms with van der Waals surface area (Å²) < 4.78 is 35.3. The van der Waals surface area contributed by atoms with Crippen LogP contribution in [0.15, 0.2) is 53.5 Å². The lowest BCUT2D eigenvalue weighted by molar-refractivity contribution is -0.117. The van der Waals surface area contributed by atoms with E-state index in [1.54, 1.807) is 26.4 Å². The Bertz CT molecular complexity index is 1100. The Kier molecular flexibility index (Phi) is 6.24. The molecule has 4 rings (SSSR count). The van der Waals surface area contributed by atoms with E-state index in [-0.39, 0.29) is 35.1 Å². The quantitative estimate of drug-likeness (QED) is 0.655. The third kappa shape index (κ3) is 4.72. The van der Waals surface area contributed by atoms with Crippen molar-refractivity contribution in [1.29, 1.82) is 0 Å². The van der Waals surface area contributed by atoms with Gasteiger partial charge in [-0.25, -0.2) is 8.42 Å².